The van der Waals surface area contributed by atoms with Crippen molar-refractivity contribution in [2.24, 2.45) is 5.92 Å². The van der Waals surface area contributed by atoms with Gasteiger partial charge in [-0.05, 0) is 76.9 Å². The van der Waals surface area contributed by atoms with Gasteiger partial charge in [-0.25, -0.2) is 9.97 Å². The Labute approximate surface area is 306 Å². The summed E-state index contributed by atoms with van der Waals surface area (Å²) in [7, 11) is -4.19. The number of benzene rings is 1. The fourth-order valence-electron chi connectivity index (χ4n) is 5.39. The second-order valence-electron chi connectivity index (χ2n) is 16.2. The molecule has 0 saturated carbocycles. The van der Waals surface area contributed by atoms with Crippen molar-refractivity contribution in [1.82, 2.24) is 14.5 Å². The first-order valence-corrected chi connectivity index (χ1v) is 23.8. The monoisotopic (exact) mass is 830 g/mol. The summed E-state index contributed by atoms with van der Waals surface area (Å²) in [5, 5.41) is 13.0. The van der Waals surface area contributed by atoms with Crippen LogP contribution < -0.4 is 0 Å². The van der Waals surface area contributed by atoms with Crippen LogP contribution in [0.5, 0.6) is 0 Å². The normalized spacial score (nSPS) is 20.2. The van der Waals surface area contributed by atoms with Crippen LogP contribution in [0.2, 0.25) is 41.4 Å². The quantitative estimate of drug-likeness (QED) is 0.0583. The van der Waals surface area contributed by atoms with E-state index in [1.54, 1.807) is 12.1 Å². The van der Waals surface area contributed by atoms with Gasteiger partial charge in [0.15, 0.2) is 16.6 Å². The zero-order valence-corrected chi connectivity index (χ0v) is 35.3. The summed E-state index contributed by atoms with van der Waals surface area (Å²) in [5.41, 5.74) is 2.00. The molecule has 4 rings (SSSR count). The van der Waals surface area contributed by atoms with Crippen LogP contribution in [0, 0.1) is 19.6 Å². The fraction of sp³-hybridized carbons (Fsp3) is 0.647. The van der Waals surface area contributed by atoms with Crippen LogP contribution in [0.1, 0.15) is 85.3 Å². The number of hydrogen-bond donors (Lipinski definition) is 0. The Balaban J connectivity index is 1.68. The van der Waals surface area contributed by atoms with Crippen molar-refractivity contribution in [3.63, 3.8) is 0 Å². The maximum absolute atomic E-state index is 12.0. The predicted octanol–water partition coefficient (Wildman–Crippen LogP) is 10.2. The summed E-state index contributed by atoms with van der Waals surface area (Å²) in [6.45, 7) is 27.1. The van der Waals surface area contributed by atoms with Gasteiger partial charge in [0.05, 0.1) is 41.3 Å². The average molecular weight is 831 g/mol. The second kappa shape index (κ2) is 14.6. The van der Waals surface area contributed by atoms with Gasteiger partial charge in [0.1, 0.15) is 29.5 Å². The van der Waals surface area contributed by atoms with Gasteiger partial charge in [-0.15, -0.1) is 0 Å². The molecule has 2 aromatic heterocycles. The predicted molar refractivity (Wildman–Crippen MR) is 204 cm³/mol. The molecule has 0 unspecified atom stereocenters. The second-order valence-corrected chi connectivity index (χ2v) is 27.4. The molecule has 0 N–H and O–H groups in total. The molecular formula is C34H52ClIN4O6Si2. The number of aromatic nitrogens is 3. The molecule has 10 nitrogen and oxygen atoms in total. The Morgan fingerprint density at radius 1 is 1.10 bits per heavy atom. The molecule has 4 atom stereocenters. The van der Waals surface area contributed by atoms with E-state index in [-0.39, 0.29) is 51.6 Å². The molecule has 0 spiro atoms. The number of fused-ring (bicyclic) bond motifs is 1. The molecule has 266 valence electrons. The lowest BCUT2D eigenvalue weighted by atomic mass is 9.97. The lowest BCUT2D eigenvalue weighted by molar-refractivity contribution is -0.386. The minimum absolute atomic E-state index is 0.0282. The van der Waals surface area contributed by atoms with E-state index in [0.29, 0.717) is 34.8 Å². The van der Waals surface area contributed by atoms with Crippen LogP contribution in [-0.2, 0) is 24.9 Å². The van der Waals surface area contributed by atoms with E-state index in [1.165, 1.54) is 6.33 Å². The molecule has 0 bridgehead atoms. The van der Waals surface area contributed by atoms with Gasteiger partial charge in [0.2, 0.25) is 0 Å². The van der Waals surface area contributed by atoms with Crippen LogP contribution in [-0.4, -0.2) is 54.9 Å². The van der Waals surface area contributed by atoms with Crippen molar-refractivity contribution < 1.29 is 23.2 Å². The maximum atomic E-state index is 12.0. The van der Waals surface area contributed by atoms with E-state index < -0.39 is 22.7 Å². The minimum Gasteiger partial charge on any atom is -0.414 e. The van der Waals surface area contributed by atoms with Gasteiger partial charge < -0.3 is 22.9 Å². The topological polar surface area (TPSA) is 111 Å². The Hall–Kier alpha value is -1.47. The lowest BCUT2D eigenvalue weighted by Crippen LogP contribution is -2.48. The number of ether oxygens (including phenoxy) is 2. The Morgan fingerprint density at radius 2 is 1.75 bits per heavy atom. The van der Waals surface area contributed by atoms with Crippen LogP contribution in [0.4, 0.5) is 5.69 Å². The lowest BCUT2D eigenvalue weighted by Gasteiger charge is -2.40. The Bertz CT molecular complexity index is 1620. The van der Waals surface area contributed by atoms with Gasteiger partial charge in [-0.1, -0.05) is 67.0 Å². The molecule has 0 radical (unpaired) electrons. The highest BCUT2D eigenvalue weighted by Crippen LogP contribution is 2.44. The van der Waals surface area contributed by atoms with E-state index in [2.05, 4.69) is 100 Å². The third-order valence-corrected chi connectivity index (χ3v) is 20.3. The summed E-state index contributed by atoms with van der Waals surface area (Å²) in [4.78, 5) is 20.5. The third kappa shape index (κ3) is 8.52. The van der Waals surface area contributed by atoms with Gasteiger partial charge in [0.25, 0.3) is 5.69 Å². The molecule has 1 aliphatic heterocycles. The summed E-state index contributed by atoms with van der Waals surface area (Å²) < 4.78 is 29.8. The van der Waals surface area contributed by atoms with Gasteiger partial charge in [-0.2, -0.15) is 0 Å². The van der Waals surface area contributed by atoms with Crippen LogP contribution >= 0.6 is 34.2 Å². The Kier molecular flexibility index (Phi) is 12.0. The number of nitro groups is 1. The summed E-state index contributed by atoms with van der Waals surface area (Å²) in [6.07, 6.45) is 2.71. The van der Waals surface area contributed by atoms with Crippen LogP contribution in [0.3, 0.4) is 0 Å². The average Bonchev–Trinajstić information content (AvgIpc) is 3.52. The molecule has 14 heteroatoms. The van der Waals surface area contributed by atoms with Crippen molar-refractivity contribution in [3.8, 4) is 0 Å². The standard InChI is InChI=1S/C34H52ClIN4O6Si2/c1-21(2)30(24-14-13-23(36)15-25(24)40(41)42)43-18-22-17-39(32-29(22)31(35)37-20-38-32)28-16-26(46-48(11,12)34(6,7)8)27(45-28)19-44-47(9,10)33(3,4)5/h13-15,17,20-21,26-28,30H,16,18-19H2,1-12H3/t26-,27-,28-,30+/m1/s1. The first kappa shape index (κ1) is 39.3. The fourth-order valence-corrected chi connectivity index (χ4v) is 8.49. The first-order chi connectivity index (χ1) is 22.0. The number of rotatable bonds is 12. The van der Waals surface area contributed by atoms with Crippen molar-refractivity contribution in [3.05, 3.63) is 60.7 Å². The van der Waals surface area contributed by atoms with Crippen LogP contribution in [0.25, 0.3) is 11.0 Å². The Morgan fingerprint density at radius 3 is 2.33 bits per heavy atom. The zero-order valence-electron chi connectivity index (χ0n) is 30.4. The molecule has 0 aliphatic carbocycles. The molecular weight excluding hydrogens is 779 g/mol. The summed E-state index contributed by atoms with van der Waals surface area (Å²) in [6, 6.07) is 5.23. The van der Waals surface area contributed by atoms with E-state index in [1.807, 2.05) is 30.7 Å². The molecule has 0 amide bonds. The van der Waals surface area contributed by atoms with Crippen molar-refractivity contribution in [1.29, 1.82) is 0 Å². The van der Waals surface area contributed by atoms with Crippen molar-refractivity contribution in [2.45, 2.75) is 129 Å². The number of halogens is 2. The highest BCUT2D eigenvalue weighted by molar-refractivity contribution is 14.1. The van der Waals surface area contributed by atoms with Gasteiger partial charge in [-0.3, -0.25) is 10.1 Å². The largest absolute Gasteiger partial charge is 0.414 e. The first-order valence-electron chi connectivity index (χ1n) is 16.6. The molecule has 1 saturated heterocycles. The SMILES string of the molecule is CC(C)[C@H](OCc1cn([C@H]2C[C@@H](O[Si](C)(C)C(C)(C)C)[C@@H](CO[Si](C)(C)C(C)(C)C)O2)c2ncnc(Cl)c12)c1ccc(I)cc1[N+](=O)[O-]. The van der Waals surface area contributed by atoms with Gasteiger partial charge in [0, 0.05) is 27.8 Å². The van der Waals surface area contributed by atoms with E-state index in [4.69, 9.17) is 29.9 Å². The number of nitro benzene ring substituents is 1. The molecule has 3 heterocycles. The molecule has 3 aromatic rings. The smallest absolute Gasteiger partial charge is 0.276 e. The van der Waals surface area contributed by atoms with Crippen molar-refractivity contribution >= 4 is 67.5 Å². The van der Waals surface area contributed by atoms with E-state index in [9.17, 15) is 10.1 Å². The zero-order chi connectivity index (χ0) is 36.0. The summed E-state index contributed by atoms with van der Waals surface area (Å²) in [5.74, 6) is -0.0306. The van der Waals surface area contributed by atoms with Crippen LogP contribution in [0.15, 0.2) is 30.7 Å². The highest BCUT2D eigenvalue weighted by Gasteiger charge is 2.47. The number of hydrogen-bond acceptors (Lipinski definition) is 8. The minimum atomic E-state index is -2.14. The van der Waals surface area contributed by atoms with Gasteiger partial charge >= 0.3 is 0 Å². The number of nitrogens with zero attached hydrogens (tertiary/aromatic N) is 4. The van der Waals surface area contributed by atoms with E-state index >= 15 is 0 Å². The molecule has 48 heavy (non-hydrogen) atoms. The van der Waals surface area contributed by atoms with Crippen molar-refractivity contribution in [2.75, 3.05) is 6.61 Å². The third-order valence-electron chi connectivity index (χ3n) is 10.3. The molecule has 1 aliphatic rings. The highest BCUT2D eigenvalue weighted by atomic mass is 127. The molecule has 1 aromatic carbocycles. The molecule has 1 fully saturated rings. The van der Waals surface area contributed by atoms with E-state index in [0.717, 1.165) is 9.13 Å². The maximum Gasteiger partial charge on any atom is 0.276 e. The summed E-state index contributed by atoms with van der Waals surface area (Å²) >= 11 is 8.80.